The summed E-state index contributed by atoms with van der Waals surface area (Å²) in [7, 11) is 1.73. The van der Waals surface area contributed by atoms with Crippen LogP contribution in [0.2, 0.25) is 0 Å². The zero-order chi connectivity index (χ0) is 18.6. The van der Waals surface area contributed by atoms with Crippen LogP contribution >= 0.6 is 24.0 Å². The molecule has 1 aromatic heterocycles. The van der Waals surface area contributed by atoms with Crippen molar-refractivity contribution in [2.24, 2.45) is 4.99 Å². The van der Waals surface area contributed by atoms with Gasteiger partial charge < -0.3 is 20.1 Å². The Bertz CT molecular complexity index is 698. The Kier molecular flexibility index (Phi) is 11.3. The van der Waals surface area contributed by atoms with E-state index in [1.165, 1.54) is 12.1 Å². The average Bonchev–Trinajstić information content (AvgIpc) is 2.66. The molecule has 0 spiro atoms. The highest BCUT2D eigenvalue weighted by Crippen LogP contribution is 2.20. The zero-order valence-electron chi connectivity index (χ0n) is 15.6. The lowest BCUT2D eigenvalue weighted by Crippen LogP contribution is -2.37. The molecule has 0 saturated carbocycles. The van der Waals surface area contributed by atoms with Gasteiger partial charge in [0.25, 0.3) is 0 Å². The maximum absolute atomic E-state index is 12.9. The van der Waals surface area contributed by atoms with E-state index in [-0.39, 0.29) is 29.8 Å². The van der Waals surface area contributed by atoms with Crippen molar-refractivity contribution in [2.45, 2.75) is 19.9 Å². The minimum absolute atomic E-state index is 0. The normalized spacial score (nSPS) is 10.9. The van der Waals surface area contributed by atoms with Crippen LogP contribution in [0.3, 0.4) is 0 Å². The van der Waals surface area contributed by atoms with Crippen molar-refractivity contribution in [1.29, 1.82) is 0 Å². The molecule has 0 atom stereocenters. The van der Waals surface area contributed by atoms with Crippen molar-refractivity contribution >= 4 is 29.9 Å². The second-order valence-corrected chi connectivity index (χ2v) is 5.46. The van der Waals surface area contributed by atoms with E-state index in [0.717, 1.165) is 37.7 Å². The summed E-state index contributed by atoms with van der Waals surface area (Å²) in [6.07, 6.45) is 2.59. The lowest BCUT2D eigenvalue weighted by molar-refractivity contribution is 0.145. The third-order valence-electron chi connectivity index (χ3n) is 3.48. The number of nitrogens with zero attached hydrogens (tertiary/aromatic N) is 2. The van der Waals surface area contributed by atoms with Crippen LogP contribution in [0.4, 0.5) is 4.39 Å². The van der Waals surface area contributed by atoms with E-state index in [1.54, 1.807) is 25.4 Å². The number of rotatable bonds is 9. The van der Waals surface area contributed by atoms with Crippen molar-refractivity contribution in [1.82, 2.24) is 15.6 Å². The van der Waals surface area contributed by atoms with Crippen molar-refractivity contribution in [2.75, 3.05) is 26.8 Å². The van der Waals surface area contributed by atoms with E-state index in [4.69, 9.17) is 9.47 Å². The number of nitrogens with one attached hydrogen (secondary N) is 2. The van der Waals surface area contributed by atoms with Gasteiger partial charge >= 0.3 is 0 Å². The molecule has 1 aromatic carbocycles. The zero-order valence-corrected chi connectivity index (χ0v) is 17.9. The number of ether oxygens (including phenoxy) is 2. The highest BCUT2D eigenvalue weighted by Gasteiger charge is 2.03. The molecule has 0 bridgehead atoms. The molecule has 148 valence electrons. The van der Waals surface area contributed by atoms with E-state index in [9.17, 15) is 4.39 Å². The molecule has 0 aliphatic rings. The van der Waals surface area contributed by atoms with Crippen molar-refractivity contribution in [3.8, 4) is 11.6 Å². The number of hydrogen-bond donors (Lipinski definition) is 2. The lowest BCUT2D eigenvalue weighted by Gasteiger charge is -2.12. The highest BCUT2D eigenvalue weighted by molar-refractivity contribution is 14.0. The minimum atomic E-state index is -0.302. The second kappa shape index (κ2) is 13.3. The van der Waals surface area contributed by atoms with E-state index in [2.05, 4.69) is 20.6 Å². The van der Waals surface area contributed by atoms with Gasteiger partial charge in [-0.1, -0.05) is 0 Å². The fraction of sp³-hybridized carbons (Fsp3) is 0.368. The topological polar surface area (TPSA) is 67.8 Å². The molecular weight excluding hydrogens is 462 g/mol. The van der Waals surface area contributed by atoms with E-state index >= 15 is 0 Å². The Morgan fingerprint density at radius 2 is 1.96 bits per heavy atom. The van der Waals surface area contributed by atoms with Crippen LogP contribution < -0.4 is 15.4 Å². The monoisotopic (exact) mass is 488 g/mol. The van der Waals surface area contributed by atoms with Crippen LogP contribution in [0.15, 0.2) is 47.6 Å². The molecule has 2 rings (SSSR count). The van der Waals surface area contributed by atoms with Crippen molar-refractivity contribution in [3.63, 3.8) is 0 Å². The molecule has 0 radical (unpaired) electrons. The maximum Gasteiger partial charge on any atom is 0.219 e. The van der Waals surface area contributed by atoms with Crippen LogP contribution in [0.25, 0.3) is 0 Å². The number of pyridine rings is 1. The standard InChI is InChI=1S/C19H25FN4O2.HI/c1-3-25-12-4-10-23-19(21-2)24-14-15-9-11-22-18(13-15)26-17-7-5-16(20)6-8-17;/h5-9,11,13H,3-4,10,12,14H2,1-2H3,(H2,21,23,24);1H. The quantitative estimate of drug-likeness (QED) is 0.244. The molecule has 2 aromatic rings. The van der Waals surface area contributed by atoms with E-state index in [0.29, 0.717) is 18.2 Å². The van der Waals surface area contributed by atoms with Gasteiger partial charge in [-0.25, -0.2) is 9.37 Å². The van der Waals surface area contributed by atoms with E-state index in [1.807, 2.05) is 19.1 Å². The van der Waals surface area contributed by atoms with Crippen molar-refractivity contribution in [3.05, 3.63) is 54.0 Å². The van der Waals surface area contributed by atoms with Gasteiger partial charge in [-0.05, 0) is 49.2 Å². The number of benzene rings is 1. The third-order valence-corrected chi connectivity index (χ3v) is 3.48. The van der Waals surface area contributed by atoms with Gasteiger partial charge in [-0.15, -0.1) is 24.0 Å². The first-order chi connectivity index (χ1) is 12.7. The van der Waals surface area contributed by atoms with Gasteiger partial charge in [0.2, 0.25) is 5.88 Å². The largest absolute Gasteiger partial charge is 0.439 e. The number of aliphatic imine (C=N–C) groups is 1. The van der Waals surface area contributed by atoms with Crippen molar-refractivity contribution < 1.29 is 13.9 Å². The van der Waals surface area contributed by atoms with Crippen LogP contribution in [0.5, 0.6) is 11.6 Å². The SMILES string of the molecule is CCOCCCNC(=NC)NCc1ccnc(Oc2ccc(F)cc2)c1.I. The molecule has 0 unspecified atom stereocenters. The number of aromatic nitrogens is 1. The molecule has 0 aliphatic carbocycles. The Morgan fingerprint density at radius 1 is 1.19 bits per heavy atom. The molecule has 0 fully saturated rings. The van der Waals surface area contributed by atoms with Gasteiger partial charge in [0.15, 0.2) is 5.96 Å². The highest BCUT2D eigenvalue weighted by atomic mass is 127. The minimum Gasteiger partial charge on any atom is -0.439 e. The summed E-state index contributed by atoms with van der Waals surface area (Å²) in [6, 6.07) is 9.56. The molecule has 2 N–H and O–H groups in total. The smallest absolute Gasteiger partial charge is 0.219 e. The Labute approximate surface area is 176 Å². The molecule has 6 nitrogen and oxygen atoms in total. The fourth-order valence-electron chi connectivity index (χ4n) is 2.17. The first-order valence-electron chi connectivity index (χ1n) is 8.62. The summed E-state index contributed by atoms with van der Waals surface area (Å²) in [5.41, 5.74) is 0.995. The number of halogens is 2. The lowest BCUT2D eigenvalue weighted by atomic mass is 10.2. The van der Waals surface area contributed by atoms with Gasteiger partial charge in [0, 0.05) is 45.6 Å². The third kappa shape index (κ3) is 9.00. The number of guanidine groups is 1. The summed E-state index contributed by atoms with van der Waals surface area (Å²) in [5.74, 6) is 1.41. The molecule has 8 heteroatoms. The Balaban J connectivity index is 0.00000364. The Hall–Kier alpha value is -1.94. The van der Waals surface area contributed by atoms with Crippen LogP contribution in [0.1, 0.15) is 18.9 Å². The molecule has 27 heavy (non-hydrogen) atoms. The summed E-state index contributed by atoms with van der Waals surface area (Å²) >= 11 is 0. The van der Waals surface area contributed by atoms with Gasteiger partial charge in [0.05, 0.1) is 0 Å². The van der Waals surface area contributed by atoms with E-state index < -0.39 is 0 Å². The molecule has 0 aliphatic heterocycles. The molecule has 0 saturated heterocycles. The fourth-order valence-corrected chi connectivity index (χ4v) is 2.17. The first-order valence-corrected chi connectivity index (χ1v) is 8.62. The van der Waals surface area contributed by atoms with Crippen LogP contribution in [-0.4, -0.2) is 37.7 Å². The molecule has 1 heterocycles. The summed E-state index contributed by atoms with van der Waals surface area (Å²) in [6.45, 7) is 4.81. The predicted octanol–water partition coefficient (Wildman–Crippen LogP) is 3.72. The average molecular weight is 488 g/mol. The second-order valence-electron chi connectivity index (χ2n) is 5.46. The predicted molar refractivity (Wildman–Crippen MR) is 115 cm³/mol. The summed E-state index contributed by atoms with van der Waals surface area (Å²) < 4.78 is 23.9. The maximum atomic E-state index is 12.9. The molecular formula is C19H26FIN4O2. The summed E-state index contributed by atoms with van der Waals surface area (Å²) in [4.78, 5) is 8.37. The molecule has 0 amide bonds. The number of hydrogen-bond acceptors (Lipinski definition) is 4. The first kappa shape index (κ1) is 23.1. The summed E-state index contributed by atoms with van der Waals surface area (Å²) in [5, 5.41) is 6.48. The van der Waals surface area contributed by atoms with Gasteiger partial charge in [-0.2, -0.15) is 0 Å². The van der Waals surface area contributed by atoms with Gasteiger partial charge in [-0.3, -0.25) is 4.99 Å². The Morgan fingerprint density at radius 3 is 2.67 bits per heavy atom. The van der Waals surface area contributed by atoms with Gasteiger partial charge in [0.1, 0.15) is 11.6 Å². The van der Waals surface area contributed by atoms with Crippen LogP contribution in [-0.2, 0) is 11.3 Å². The van der Waals surface area contributed by atoms with Crippen LogP contribution in [0, 0.1) is 5.82 Å².